The first-order valence-corrected chi connectivity index (χ1v) is 0. The van der Waals surface area contributed by atoms with E-state index in [9.17, 15) is 0 Å². The van der Waals surface area contributed by atoms with Crippen LogP contribution in [0.3, 0.4) is 0 Å². The molecule has 0 aliphatic carbocycles. The zero-order chi connectivity index (χ0) is 0. The Bertz CT molecular complexity index is 6.90. The monoisotopic (exact) mass is 140 g/mol. The van der Waals surface area contributed by atoms with Crippen molar-refractivity contribution in [1.29, 1.82) is 0 Å². The average molecular weight is 141 g/mol. The first-order valence-electron chi connectivity index (χ1n) is 0. The van der Waals surface area contributed by atoms with Crippen LogP contribution in [0.2, 0.25) is 0 Å². The van der Waals surface area contributed by atoms with E-state index in [-0.39, 0.29) is 91.1 Å². The Morgan fingerprint density at radius 2 is 0.429 bits per heavy atom. The Labute approximate surface area is 90.1 Å². The van der Waals surface area contributed by atoms with Crippen LogP contribution >= 0.6 is 0 Å². The first kappa shape index (κ1) is 132. The molecule has 0 aromatic rings. The second-order valence-electron chi connectivity index (χ2n) is 0. The first-order chi connectivity index (χ1) is 0. The van der Waals surface area contributed by atoms with Crippen molar-refractivity contribution >= 4 is 69.2 Å². The third kappa shape index (κ3) is 67.1. The molecule has 0 heterocycles. The fraction of sp³-hybridized carbons (Fsp3) is 0. The maximum atomic E-state index is 0. The van der Waals surface area contributed by atoms with Crippen LogP contribution in [-0.4, -0.2) is 80.1 Å². The van der Waals surface area contributed by atoms with E-state index in [1.165, 1.54) is 0 Å². The molecule has 0 rings (SSSR count). The summed E-state index contributed by atoms with van der Waals surface area (Å²) in [5, 5.41) is 0. The van der Waals surface area contributed by atoms with Crippen molar-refractivity contribution < 1.29 is 21.9 Å². The molecule has 0 fully saturated rings. The van der Waals surface area contributed by atoms with Crippen molar-refractivity contribution in [1.82, 2.24) is 0 Å². The second-order valence-corrected chi connectivity index (χ2v) is 0. The summed E-state index contributed by atoms with van der Waals surface area (Å²) >= 11 is 0. The van der Waals surface area contributed by atoms with Gasteiger partial charge >= 0.3 is 69.2 Å². The molecule has 0 saturated carbocycles. The smallest absolute Gasteiger partial charge is 2.00 e. The van der Waals surface area contributed by atoms with Gasteiger partial charge in [-0.1, -0.05) is 0 Å². The molecule has 0 aliphatic heterocycles. The fourth-order valence-corrected chi connectivity index (χ4v) is 0. The maximum Gasteiger partial charge on any atom is 2.00 e. The summed E-state index contributed by atoms with van der Waals surface area (Å²) in [4.78, 5) is 0. The molecule has 0 aromatic carbocycles. The minimum atomic E-state index is 0. The Balaban J connectivity index is 0. The average Bonchev–Trinajstić information content (AvgIpc) is 0. The second kappa shape index (κ2) is 90.7. The molecule has 32 valence electrons. The normalized spacial score (nSPS) is 0. The van der Waals surface area contributed by atoms with Gasteiger partial charge in [-0.15, -0.1) is 0 Å². The van der Waals surface area contributed by atoms with E-state index in [0.717, 1.165) is 0 Å². The number of rotatable bonds is 0. The van der Waals surface area contributed by atoms with Crippen LogP contribution in [0.25, 0.3) is 0 Å². The van der Waals surface area contributed by atoms with E-state index in [2.05, 4.69) is 0 Å². The van der Waals surface area contributed by atoms with E-state index < -0.39 is 0 Å². The summed E-state index contributed by atoms with van der Waals surface area (Å²) in [6.07, 6.45) is 0. The molecule has 0 saturated heterocycles. The number of hydrogen-bond donors (Lipinski definition) is 0. The van der Waals surface area contributed by atoms with Crippen LogP contribution in [0.5, 0.6) is 0 Å². The zero-order valence-corrected chi connectivity index (χ0v) is 8.18. The van der Waals surface area contributed by atoms with Gasteiger partial charge in [-0.3, -0.25) is 0 Å². The van der Waals surface area contributed by atoms with Crippen molar-refractivity contribution in [3.8, 4) is 0 Å². The van der Waals surface area contributed by atoms with Crippen LogP contribution in [0, 0.1) is 0 Å². The topological polar surface area (TPSA) is 120 Å². The molecule has 0 unspecified atom stereocenters. The van der Waals surface area contributed by atoms with E-state index in [4.69, 9.17) is 0 Å². The van der Waals surface area contributed by atoms with E-state index in [0.29, 0.717) is 0 Å². The van der Waals surface area contributed by atoms with Gasteiger partial charge in [-0.25, -0.2) is 0 Å². The van der Waals surface area contributed by atoms with Gasteiger partial charge in [0.15, 0.2) is 0 Å². The third-order valence-corrected chi connectivity index (χ3v) is 0. The SMILES string of the molecule is O.O.[Mg+2].[Mg+2].[Mg+2].[O-2].[O-2]. The Hall–Kier alpha value is 2.14. The van der Waals surface area contributed by atoms with E-state index in [1.54, 1.807) is 0 Å². The summed E-state index contributed by atoms with van der Waals surface area (Å²) in [5.41, 5.74) is 0. The standard InChI is InChI=1S/3Mg.2H2O.2O/h;;;2*1H2;;/q3*+2;;;2*-2. The molecular formula is H4Mg3O4+2. The third-order valence-electron chi connectivity index (χ3n) is 0. The van der Waals surface area contributed by atoms with Crippen LogP contribution in [0.4, 0.5) is 0 Å². The number of hydrogen-bond acceptors (Lipinski definition) is 0. The quantitative estimate of drug-likeness (QED) is 0.318. The van der Waals surface area contributed by atoms with Crippen LogP contribution < -0.4 is 0 Å². The molecule has 0 atom stereocenters. The molecule has 0 aliphatic rings. The van der Waals surface area contributed by atoms with Crippen LogP contribution in [0.15, 0.2) is 0 Å². The Morgan fingerprint density at radius 1 is 0.429 bits per heavy atom. The molecule has 0 spiro atoms. The summed E-state index contributed by atoms with van der Waals surface area (Å²) in [6, 6.07) is 0. The molecule has 0 aromatic heterocycles. The summed E-state index contributed by atoms with van der Waals surface area (Å²) in [5.74, 6) is 0. The fourth-order valence-electron chi connectivity index (χ4n) is 0. The molecule has 7 heteroatoms. The van der Waals surface area contributed by atoms with E-state index in [1.807, 2.05) is 0 Å². The van der Waals surface area contributed by atoms with Gasteiger partial charge in [-0.05, 0) is 0 Å². The van der Waals surface area contributed by atoms with Crippen molar-refractivity contribution in [2.45, 2.75) is 0 Å². The van der Waals surface area contributed by atoms with Crippen molar-refractivity contribution in [2.24, 2.45) is 0 Å². The van der Waals surface area contributed by atoms with Gasteiger partial charge in [0.2, 0.25) is 0 Å². The van der Waals surface area contributed by atoms with Gasteiger partial charge < -0.3 is 21.9 Å². The Morgan fingerprint density at radius 3 is 0.429 bits per heavy atom. The van der Waals surface area contributed by atoms with Crippen LogP contribution in [0.1, 0.15) is 0 Å². The predicted molar refractivity (Wildman–Crippen MR) is 25.9 cm³/mol. The Kier molecular flexibility index (Phi) is 1710. The summed E-state index contributed by atoms with van der Waals surface area (Å²) in [6.45, 7) is 0. The largest absolute Gasteiger partial charge is 2.00 e. The van der Waals surface area contributed by atoms with Crippen molar-refractivity contribution in [2.75, 3.05) is 0 Å². The minimum absolute atomic E-state index is 0. The van der Waals surface area contributed by atoms with Gasteiger partial charge in [0.05, 0.1) is 0 Å². The summed E-state index contributed by atoms with van der Waals surface area (Å²) in [7, 11) is 0. The zero-order valence-electron chi connectivity index (χ0n) is 3.94. The van der Waals surface area contributed by atoms with Gasteiger partial charge in [0.25, 0.3) is 0 Å². The minimum Gasteiger partial charge on any atom is -2.00 e. The summed E-state index contributed by atoms with van der Waals surface area (Å²) < 4.78 is 0. The van der Waals surface area contributed by atoms with Crippen LogP contribution in [-0.2, 0) is 11.0 Å². The van der Waals surface area contributed by atoms with Gasteiger partial charge in [-0.2, -0.15) is 0 Å². The molecule has 0 radical (unpaired) electrons. The van der Waals surface area contributed by atoms with Crippen molar-refractivity contribution in [3.05, 3.63) is 0 Å². The molecule has 0 bridgehead atoms. The maximum absolute atomic E-state index is 0. The molecule has 4 N–H and O–H groups in total. The van der Waals surface area contributed by atoms with Gasteiger partial charge in [0.1, 0.15) is 0 Å². The molecule has 0 amide bonds. The molecule has 7 heavy (non-hydrogen) atoms. The van der Waals surface area contributed by atoms with E-state index >= 15 is 0 Å². The van der Waals surface area contributed by atoms with Gasteiger partial charge in [0, 0.05) is 0 Å². The molecule has 4 nitrogen and oxygen atoms in total. The molecular weight excluding hydrogens is 137 g/mol. The van der Waals surface area contributed by atoms with Crippen molar-refractivity contribution in [3.63, 3.8) is 0 Å². The predicted octanol–water partition coefficient (Wildman–Crippen LogP) is -3.03.